The van der Waals surface area contributed by atoms with Crippen molar-refractivity contribution in [1.82, 2.24) is 4.90 Å². The molecule has 2 unspecified atom stereocenters. The number of carbonyl (C=O) groups excluding carboxylic acids is 2. The average Bonchev–Trinajstić information content (AvgIpc) is 3.09. The number of hydrogen-bond acceptors (Lipinski definition) is 4. The van der Waals surface area contributed by atoms with Crippen LogP contribution in [0.3, 0.4) is 0 Å². The predicted octanol–water partition coefficient (Wildman–Crippen LogP) is 2.51. The Balaban J connectivity index is 1.77. The minimum absolute atomic E-state index is 0.0904. The van der Waals surface area contributed by atoms with Gasteiger partial charge in [-0.05, 0) is 37.2 Å². The van der Waals surface area contributed by atoms with Gasteiger partial charge in [0.1, 0.15) is 0 Å². The van der Waals surface area contributed by atoms with E-state index in [4.69, 9.17) is 4.74 Å². The fourth-order valence-electron chi connectivity index (χ4n) is 3.43. The number of ether oxygens (including phenoxy) is 1. The highest BCUT2D eigenvalue weighted by molar-refractivity contribution is 7.10. The van der Waals surface area contributed by atoms with Crippen molar-refractivity contribution in [1.29, 1.82) is 0 Å². The summed E-state index contributed by atoms with van der Waals surface area (Å²) in [5.41, 5.74) is 2.12. The summed E-state index contributed by atoms with van der Waals surface area (Å²) in [6.45, 7) is 3.14. The Morgan fingerprint density at radius 1 is 1.29 bits per heavy atom. The highest BCUT2D eigenvalue weighted by atomic mass is 32.1. The van der Waals surface area contributed by atoms with Crippen LogP contribution in [0.25, 0.3) is 0 Å². The number of carbonyl (C=O) groups is 2. The van der Waals surface area contributed by atoms with Crippen LogP contribution in [-0.4, -0.2) is 37.0 Å². The van der Waals surface area contributed by atoms with E-state index in [2.05, 4.69) is 0 Å². The van der Waals surface area contributed by atoms with Gasteiger partial charge in [-0.25, -0.2) is 0 Å². The lowest BCUT2D eigenvalue weighted by Crippen LogP contribution is -2.30. The Morgan fingerprint density at radius 3 is 2.81 bits per heavy atom. The van der Waals surface area contributed by atoms with Crippen molar-refractivity contribution in [3.63, 3.8) is 0 Å². The van der Waals surface area contributed by atoms with Gasteiger partial charge >= 0.3 is 5.97 Å². The van der Waals surface area contributed by atoms with Gasteiger partial charge in [-0.2, -0.15) is 0 Å². The molecule has 1 aliphatic heterocycles. The lowest BCUT2D eigenvalue weighted by molar-refractivity contribution is -0.146. The van der Waals surface area contributed by atoms with Gasteiger partial charge < -0.3 is 9.64 Å². The number of fused-ring (bicyclic) bond motifs is 1. The number of esters is 1. The van der Waals surface area contributed by atoms with Gasteiger partial charge in [0.15, 0.2) is 0 Å². The minimum Gasteiger partial charge on any atom is -0.469 e. The van der Waals surface area contributed by atoms with Crippen molar-refractivity contribution in [3.05, 3.63) is 21.4 Å². The smallest absolute Gasteiger partial charge is 0.310 e. The first kappa shape index (κ1) is 14.6. The Kier molecular flexibility index (Phi) is 4.02. The molecular weight excluding hydrogens is 286 g/mol. The predicted molar refractivity (Wildman–Crippen MR) is 81.5 cm³/mol. The summed E-state index contributed by atoms with van der Waals surface area (Å²) in [4.78, 5) is 27.7. The molecule has 1 amide bonds. The zero-order valence-corrected chi connectivity index (χ0v) is 13.4. The van der Waals surface area contributed by atoms with Crippen LogP contribution < -0.4 is 0 Å². The third kappa shape index (κ3) is 2.59. The van der Waals surface area contributed by atoms with E-state index in [0.717, 1.165) is 18.4 Å². The van der Waals surface area contributed by atoms with Crippen LogP contribution in [0, 0.1) is 11.8 Å². The molecule has 2 atom stereocenters. The Labute approximate surface area is 129 Å². The van der Waals surface area contributed by atoms with E-state index in [1.54, 1.807) is 11.3 Å². The van der Waals surface area contributed by atoms with Crippen LogP contribution in [0.5, 0.6) is 0 Å². The summed E-state index contributed by atoms with van der Waals surface area (Å²) in [7, 11) is 1.41. The van der Waals surface area contributed by atoms with Gasteiger partial charge in [0, 0.05) is 23.3 Å². The van der Waals surface area contributed by atoms with Crippen molar-refractivity contribution in [3.8, 4) is 0 Å². The number of aryl methyl sites for hydroxylation is 1. The molecular formula is C16H21NO3S. The van der Waals surface area contributed by atoms with Crippen molar-refractivity contribution in [2.75, 3.05) is 20.2 Å². The Morgan fingerprint density at radius 2 is 2.05 bits per heavy atom. The molecule has 0 N–H and O–H groups in total. The molecule has 0 radical (unpaired) electrons. The molecule has 3 rings (SSSR count). The van der Waals surface area contributed by atoms with E-state index in [0.29, 0.717) is 13.1 Å². The van der Waals surface area contributed by atoms with E-state index in [9.17, 15) is 9.59 Å². The second kappa shape index (κ2) is 5.79. The van der Waals surface area contributed by atoms with Crippen LogP contribution in [0.2, 0.25) is 0 Å². The molecule has 4 nitrogen and oxygen atoms in total. The first-order valence-corrected chi connectivity index (χ1v) is 8.46. The van der Waals surface area contributed by atoms with Gasteiger partial charge in [-0.1, -0.05) is 6.92 Å². The summed E-state index contributed by atoms with van der Waals surface area (Å²) in [6.07, 6.45) is 4.52. The lowest BCUT2D eigenvalue weighted by atomic mass is 9.95. The fourth-order valence-corrected chi connectivity index (χ4v) is 4.55. The summed E-state index contributed by atoms with van der Waals surface area (Å²) in [5.74, 6) is -0.137. The van der Waals surface area contributed by atoms with E-state index >= 15 is 0 Å². The summed E-state index contributed by atoms with van der Waals surface area (Å²) >= 11 is 1.71. The van der Waals surface area contributed by atoms with E-state index in [1.165, 1.54) is 30.4 Å². The molecule has 114 valence electrons. The lowest BCUT2D eigenvalue weighted by Gasteiger charge is -2.18. The van der Waals surface area contributed by atoms with Crippen LogP contribution >= 0.6 is 11.3 Å². The number of nitrogens with zero attached hydrogens (tertiary/aromatic N) is 1. The van der Waals surface area contributed by atoms with Gasteiger partial charge in [-0.3, -0.25) is 9.59 Å². The van der Waals surface area contributed by atoms with Gasteiger partial charge in [-0.15, -0.1) is 11.3 Å². The minimum atomic E-state index is -0.204. The Bertz CT molecular complexity index is 566. The van der Waals surface area contributed by atoms with Crippen LogP contribution in [0.1, 0.15) is 40.6 Å². The van der Waals surface area contributed by atoms with Gasteiger partial charge in [0.05, 0.1) is 18.6 Å². The molecule has 0 saturated carbocycles. The third-order valence-electron chi connectivity index (χ3n) is 4.70. The number of amides is 1. The number of methoxy groups -OCH3 is 1. The van der Waals surface area contributed by atoms with Gasteiger partial charge in [0.25, 0.3) is 5.91 Å². The largest absolute Gasteiger partial charge is 0.469 e. The summed E-state index contributed by atoms with van der Waals surface area (Å²) in [5, 5.41) is 2.01. The number of likely N-dealkylation sites (tertiary alicyclic amines) is 1. The molecule has 2 aliphatic rings. The second-order valence-corrected chi connectivity index (χ2v) is 7.04. The SMILES string of the molecule is COC(=O)C1CN(C(=O)c2csc3c2CCCC3)CC1C. The quantitative estimate of drug-likeness (QED) is 0.789. The second-order valence-electron chi connectivity index (χ2n) is 6.08. The molecule has 1 aliphatic carbocycles. The molecule has 1 aromatic heterocycles. The zero-order chi connectivity index (χ0) is 15.0. The maximum atomic E-state index is 12.8. The molecule has 0 aromatic carbocycles. The standard InChI is InChI=1S/C16H21NO3S/c1-10-7-17(8-12(10)16(19)20-2)15(18)13-9-21-14-6-4-3-5-11(13)14/h9-10,12H,3-8H2,1-2H3. The number of hydrogen-bond donors (Lipinski definition) is 0. The van der Waals surface area contributed by atoms with Crippen molar-refractivity contribution in [2.24, 2.45) is 11.8 Å². The maximum absolute atomic E-state index is 12.8. The molecule has 2 heterocycles. The fraction of sp³-hybridized carbons (Fsp3) is 0.625. The maximum Gasteiger partial charge on any atom is 0.310 e. The first-order chi connectivity index (χ1) is 10.1. The molecule has 1 saturated heterocycles. The van der Waals surface area contributed by atoms with Crippen LogP contribution in [0.4, 0.5) is 0 Å². The molecule has 1 fully saturated rings. The first-order valence-electron chi connectivity index (χ1n) is 7.58. The average molecular weight is 307 g/mol. The van der Waals surface area contributed by atoms with E-state index < -0.39 is 0 Å². The number of rotatable bonds is 2. The Hall–Kier alpha value is -1.36. The van der Waals surface area contributed by atoms with E-state index in [1.807, 2.05) is 17.2 Å². The molecule has 0 spiro atoms. The highest BCUT2D eigenvalue weighted by Gasteiger charge is 2.38. The highest BCUT2D eigenvalue weighted by Crippen LogP contribution is 2.33. The summed E-state index contributed by atoms with van der Waals surface area (Å²) < 4.78 is 4.84. The summed E-state index contributed by atoms with van der Waals surface area (Å²) in [6, 6.07) is 0. The van der Waals surface area contributed by atoms with Crippen LogP contribution in [-0.2, 0) is 22.4 Å². The molecule has 5 heteroatoms. The number of thiophene rings is 1. The normalized spacial score (nSPS) is 24.8. The van der Waals surface area contributed by atoms with Gasteiger partial charge in [0.2, 0.25) is 0 Å². The zero-order valence-electron chi connectivity index (χ0n) is 12.6. The van der Waals surface area contributed by atoms with Crippen LogP contribution in [0.15, 0.2) is 5.38 Å². The topological polar surface area (TPSA) is 46.6 Å². The monoisotopic (exact) mass is 307 g/mol. The van der Waals surface area contributed by atoms with Crippen molar-refractivity contribution >= 4 is 23.2 Å². The third-order valence-corrected chi connectivity index (χ3v) is 5.78. The molecule has 0 bridgehead atoms. The van der Waals surface area contributed by atoms with E-state index in [-0.39, 0.29) is 23.7 Å². The van der Waals surface area contributed by atoms with Crippen molar-refractivity contribution in [2.45, 2.75) is 32.6 Å². The molecule has 1 aromatic rings. The molecule has 21 heavy (non-hydrogen) atoms. The van der Waals surface area contributed by atoms with Crippen molar-refractivity contribution < 1.29 is 14.3 Å².